The van der Waals surface area contributed by atoms with Gasteiger partial charge in [0.1, 0.15) is 0 Å². The number of benzene rings is 4. The average Bonchev–Trinajstić information content (AvgIpc) is 4.31. The highest BCUT2D eigenvalue weighted by atomic mass is 16.6. The Morgan fingerprint density at radius 3 is 0.897 bits per heavy atom. The van der Waals surface area contributed by atoms with Crippen LogP contribution in [0.4, 0.5) is 0 Å². The summed E-state index contributed by atoms with van der Waals surface area (Å²) in [5.41, 5.74) is 3.32. The number of unbranched alkanes of at least 4 members (excludes halogenated alkanes) is 6. The van der Waals surface area contributed by atoms with E-state index in [-0.39, 0.29) is 91.5 Å². The van der Waals surface area contributed by atoms with Crippen molar-refractivity contribution in [3.05, 3.63) is 146 Å². The Morgan fingerprint density at radius 1 is 0.359 bits per heavy atom. The van der Waals surface area contributed by atoms with Crippen molar-refractivity contribution in [3.63, 3.8) is 0 Å². The van der Waals surface area contributed by atoms with Gasteiger partial charge >= 0.3 is 35.8 Å². The average molecular weight is 1060 g/mol. The molecule has 0 aliphatic heterocycles. The fourth-order valence-electron chi connectivity index (χ4n) is 7.31. The molecule has 0 saturated heterocycles. The lowest BCUT2D eigenvalue weighted by Gasteiger charge is -2.06. The Kier molecular flexibility index (Phi) is 20.7. The zero-order valence-corrected chi connectivity index (χ0v) is 42.4. The molecule has 4 aromatic carbocycles. The second-order valence-corrected chi connectivity index (χ2v) is 17.0. The second-order valence-electron chi connectivity index (χ2n) is 17.0. The number of hydrogen-bond donors (Lipinski definition) is 0. The van der Waals surface area contributed by atoms with E-state index >= 15 is 0 Å². The van der Waals surface area contributed by atoms with Crippen LogP contribution in [0.25, 0.3) is 68.5 Å². The molecule has 21 heteroatoms. The van der Waals surface area contributed by atoms with E-state index in [4.69, 9.17) is 42.0 Å². The Labute approximate surface area is 447 Å². The molecule has 0 unspecified atom stereocenters. The highest BCUT2D eigenvalue weighted by Gasteiger charge is 2.22. The number of aromatic nitrogens is 6. The summed E-state index contributed by atoms with van der Waals surface area (Å²) in [6.07, 6.45) is 8.87. The van der Waals surface area contributed by atoms with Crippen LogP contribution in [0.1, 0.15) is 88.9 Å². The van der Waals surface area contributed by atoms with E-state index in [9.17, 15) is 28.8 Å². The molecule has 78 heavy (non-hydrogen) atoms. The lowest BCUT2D eigenvalue weighted by Crippen LogP contribution is -2.07. The summed E-state index contributed by atoms with van der Waals surface area (Å²) >= 11 is 0. The van der Waals surface area contributed by atoms with Crippen LogP contribution >= 0.6 is 0 Å². The fourth-order valence-corrected chi connectivity index (χ4v) is 7.31. The van der Waals surface area contributed by atoms with Crippen LogP contribution in [-0.4, -0.2) is 106 Å². The monoisotopic (exact) mass is 1060 g/mol. The van der Waals surface area contributed by atoms with E-state index in [1.165, 1.54) is 0 Å². The molecule has 21 nitrogen and oxygen atoms in total. The zero-order chi connectivity index (χ0) is 55.1. The van der Waals surface area contributed by atoms with Gasteiger partial charge in [0.25, 0.3) is 17.7 Å². The Hall–Kier alpha value is -9.66. The first kappa shape index (κ1) is 56.1. The van der Waals surface area contributed by atoms with Crippen molar-refractivity contribution in [2.75, 3.05) is 39.6 Å². The van der Waals surface area contributed by atoms with Gasteiger partial charge in [-0.25, -0.2) is 28.8 Å². The third kappa shape index (κ3) is 16.4. The molecule has 0 atom stereocenters. The van der Waals surface area contributed by atoms with E-state index in [0.717, 1.165) is 18.2 Å². The number of ether oxygens (including phenoxy) is 6. The largest absolute Gasteiger partial charge is 0.463 e. The molecule has 0 aliphatic carbocycles. The molecule has 0 N–H and O–H groups in total. The summed E-state index contributed by atoms with van der Waals surface area (Å²) < 4.78 is 48.8. The third-order valence-electron chi connectivity index (χ3n) is 11.3. The van der Waals surface area contributed by atoms with Crippen molar-refractivity contribution < 1.29 is 70.8 Å². The van der Waals surface area contributed by atoms with Crippen LogP contribution in [-0.2, 0) is 42.8 Å². The van der Waals surface area contributed by atoms with E-state index in [2.05, 4.69) is 50.2 Å². The Bertz CT molecular complexity index is 2900. The molecule has 3 heterocycles. The zero-order valence-electron chi connectivity index (χ0n) is 42.4. The van der Waals surface area contributed by atoms with Crippen molar-refractivity contribution >= 4 is 35.8 Å². The topological polar surface area (TPSA) is 275 Å². The maximum absolute atomic E-state index is 13.0. The number of nitrogens with zero attached hydrogens (tertiary/aromatic N) is 6. The highest BCUT2D eigenvalue weighted by Crippen LogP contribution is 2.34. The SMILES string of the molecule is C=CC(=O)OCCCCCOC(=O)c1cccc(-c2noc(-c3cc(-c4nc(-c5cccc(C(=O)OCCCCCOC(=O)C=C)c5)no4)cc(-c4nc(-c5cccc(C(=O)OCCCCCOC(=O)C=C)c5)no4)c3)n2)c1. The number of hydrogen-bond acceptors (Lipinski definition) is 21. The molecule has 0 spiro atoms. The molecular weight excluding hydrogens is 1010 g/mol. The molecule has 0 fully saturated rings. The van der Waals surface area contributed by atoms with Crippen molar-refractivity contribution in [2.45, 2.75) is 57.8 Å². The van der Waals surface area contributed by atoms with Crippen LogP contribution in [0.5, 0.6) is 0 Å². The van der Waals surface area contributed by atoms with E-state index in [1.807, 2.05) is 0 Å². The van der Waals surface area contributed by atoms with Gasteiger partial charge in [0.15, 0.2) is 0 Å². The summed E-state index contributed by atoms with van der Waals surface area (Å²) in [5, 5.41) is 12.6. The quantitative estimate of drug-likeness (QED) is 0.0175. The molecule has 402 valence electrons. The van der Waals surface area contributed by atoms with Gasteiger partial charge in [0.05, 0.1) is 56.3 Å². The lowest BCUT2D eigenvalue weighted by molar-refractivity contribution is -0.138. The third-order valence-corrected chi connectivity index (χ3v) is 11.3. The summed E-state index contributed by atoms with van der Waals surface area (Å²) in [6, 6.07) is 24.7. The van der Waals surface area contributed by atoms with Gasteiger partial charge in [-0.15, -0.1) is 0 Å². The first-order valence-corrected chi connectivity index (χ1v) is 24.9. The molecule has 0 radical (unpaired) electrons. The maximum atomic E-state index is 13.0. The van der Waals surface area contributed by atoms with Gasteiger partial charge in [-0.2, -0.15) is 15.0 Å². The number of carbonyl (C=O) groups excluding carboxylic acids is 6. The minimum atomic E-state index is -0.546. The van der Waals surface area contributed by atoms with Crippen molar-refractivity contribution in [1.82, 2.24) is 30.4 Å². The van der Waals surface area contributed by atoms with Crippen molar-refractivity contribution in [3.8, 4) is 68.5 Å². The number of rotatable bonds is 30. The molecule has 0 bridgehead atoms. The first-order chi connectivity index (χ1) is 38.0. The molecule has 7 rings (SSSR count). The van der Waals surface area contributed by atoms with E-state index < -0.39 is 35.8 Å². The van der Waals surface area contributed by atoms with Gasteiger partial charge in [-0.3, -0.25) is 0 Å². The van der Waals surface area contributed by atoms with Crippen LogP contribution in [0.2, 0.25) is 0 Å². The second kappa shape index (κ2) is 28.9. The summed E-state index contributed by atoms with van der Waals surface area (Å²) in [6.45, 7) is 11.3. The maximum Gasteiger partial charge on any atom is 0.338 e. The summed E-state index contributed by atoms with van der Waals surface area (Å²) in [7, 11) is 0. The summed E-state index contributed by atoms with van der Waals surface area (Å²) in [5.74, 6) is -2.45. The molecule has 7 aromatic rings. The van der Waals surface area contributed by atoms with Crippen LogP contribution in [0.3, 0.4) is 0 Å². The van der Waals surface area contributed by atoms with Crippen molar-refractivity contribution in [1.29, 1.82) is 0 Å². The van der Waals surface area contributed by atoms with Gasteiger partial charge in [0, 0.05) is 51.6 Å². The smallest absolute Gasteiger partial charge is 0.338 e. The molecule has 0 saturated carbocycles. The number of esters is 6. The van der Waals surface area contributed by atoms with Gasteiger partial charge < -0.3 is 42.0 Å². The molecule has 0 aliphatic rings. The van der Waals surface area contributed by atoms with Crippen LogP contribution in [0, 0.1) is 0 Å². The lowest BCUT2D eigenvalue weighted by atomic mass is 10.0. The first-order valence-electron chi connectivity index (χ1n) is 24.9. The number of carbonyl (C=O) groups is 6. The predicted octanol–water partition coefficient (Wildman–Crippen LogP) is 10.0. The minimum Gasteiger partial charge on any atom is -0.463 e. The van der Waals surface area contributed by atoms with Gasteiger partial charge in [0.2, 0.25) is 17.5 Å². The van der Waals surface area contributed by atoms with Crippen molar-refractivity contribution in [2.24, 2.45) is 0 Å². The van der Waals surface area contributed by atoms with Crippen LogP contribution < -0.4 is 0 Å². The standard InChI is InChI=1S/C57H54N6O15/c1-4-46(64)70-25-10-7-13-28-73-55(67)40-22-16-19-37(31-40)49-58-52(76-61-49)43-34-44(53-59-50(62-77-53)38-20-17-23-41(32-38)56(68)74-29-14-8-11-26-71-47(65)5-2)36-45(35-43)54-60-51(63-78-54)39-21-18-24-42(33-39)57(69)75-30-15-9-12-27-72-48(66)6-3/h4-6,16-24,31-36H,1-3,7-15,25-30H2. The predicted molar refractivity (Wildman–Crippen MR) is 278 cm³/mol. The van der Waals surface area contributed by atoms with E-state index in [0.29, 0.717) is 91.2 Å². The molecule has 0 amide bonds. The summed E-state index contributed by atoms with van der Waals surface area (Å²) in [4.78, 5) is 86.8. The van der Waals surface area contributed by atoms with E-state index in [1.54, 1.807) is 91.0 Å². The molecular formula is C57H54N6O15. The highest BCUT2D eigenvalue weighted by molar-refractivity contribution is 5.92. The van der Waals surface area contributed by atoms with Gasteiger partial charge in [-0.05, 0) is 112 Å². The van der Waals surface area contributed by atoms with Crippen LogP contribution in [0.15, 0.2) is 143 Å². The van der Waals surface area contributed by atoms with Gasteiger partial charge in [-0.1, -0.05) is 71.6 Å². The Morgan fingerprint density at radius 2 is 0.628 bits per heavy atom. The fraction of sp³-hybridized carbons (Fsp3) is 0.263. The molecule has 3 aromatic heterocycles. The Balaban J connectivity index is 1.09. The normalized spacial score (nSPS) is 10.8. The minimum absolute atomic E-state index is 0.0593.